The first-order valence-electron chi connectivity index (χ1n) is 8.34. The van der Waals surface area contributed by atoms with Crippen LogP contribution >= 0.6 is 46.0 Å². The minimum absolute atomic E-state index is 0.105. The van der Waals surface area contributed by atoms with Gasteiger partial charge in [0.2, 0.25) is 11.8 Å². The molecule has 0 bridgehead atoms. The Morgan fingerprint density at radius 3 is 2.56 bits per heavy atom. The van der Waals surface area contributed by atoms with Crippen LogP contribution in [0.5, 0.6) is 0 Å². The van der Waals surface area contributed by atoms with Crippen LogP contribution in [0.4, 0.5) is 11.4 Å². The van der Waals surface area contributed by atoms with Crippen LogP contribution < -0.4 is 5.32 Å². The first-order chi connectivity index (χ1) is 13.0. The Morgan fingerprint density at radius 1 is 1.26 bits per heavy atom. The number of thioether (sulfide) groups is 1. The smallest absolute Gasteiger partial charge is 0.238 e. The van der Waals surface area contributed by atoms with Gasteiger partial charge in [0.25, 0.3) is 0 Å². The minimum Gasteiger partial charge on any atom is -0.325 e. The first-order valence-corrected chi connectivity index (χ1v) is 10.7. The van der Waals surface area contributed by atoms with E-state index in [4.69, 9.17) is 11.6 Å². The van der Waals surface area contributed by atoms with Crippen molar-refractivity contribution >= 4 is 74.3 Å². The molecule has 1 fully saturated rings. The maximum Gasteiger partial charge on any atom is 0.238 e. The fourth-order valence-corrected chi connectivity index (χ4v) is 4.18. The van der Waals surface area contributed by atoms with Gasteiger partial charge in [-0.05, 0) is 78.0 Å². The predicted molar refractivity (Wildman–Crippen MR) is 120 cm³/mol. The molecule has 5 nitrogen and oxygen atoms in total. The van der Waals surface area contributed by atoms with Crippen molar-refractivity contribution in [3.05, 3.63) is 57.1 Å². The summed E-state index contributed by atoms with van der Waals surface area (Å²) in [7, 11) is 0. The van der Waals surface area contributed by atoms with Crippen molar-refractivity contribution in [3.63, 3.8) is 0 Å². The lowest BCUT2D eigenvalue weighted by Crippen LogP contribution is -2.45. The topological polar surface area (TPSA) is 61.8 Å². The lowest BCUT2D eigenvalue weighted by Gasteiger charge is -2.30. The van der Waals surface area contributed by atoms with Crippen LogP contribution in [-0.4, -0.2) is 33.7 Å². The third-order valence-electron chi connectivity index (χ3n) is 3.91. The molecule has 1 aliphatic rings. The number of carbonyl (C=O) groups is 2. The van der Waals surface area contributed by atoms with Gasteiger partial charge in [0, 0.05) is 27.2 Å². The third kappa shape index (κ3) is 5.24. The van der Waals surface area contributed by atoms with Gasteiger partial charge in [0.15, 0.2) is 5.17 Å². The number of halogens is 2. The number of benzene rings is 2. The molecular formula is C19H17ClIN3O2S. The lowest BCUT2D eigenvalue weighted by molar-refractivity contribution is -0.129. The van der Waals surface area contributed by atoms with Crippen LogP contribution in [0, 0.1) is 3.57 Å². The Labute approximate surface area is 180 Å². The van der Waals surface area contributed by atoms with E-state index in [9.17, 15) is 9.59 Å². The molecule has 2 aromatic rings. The number of aliphatic imine (C=N–C) groups is 1. The second kappa shape index (κ2) is 9.07. The van der Waals surface area contributed by atoms with Crippen LogP contribution in [0.2, 0.25) is 5.02 Å². The number of nitrogens with zero attached hydrogens (tertiary/aromatic N) is 2. The van der Waals surface area contributed by atoms with E-state index in [1.54, 1.807) is 29.2 Å². The zero-order valence-corrected chi connectivity index (χ0v) is 18.2. The maximum atomic E-state index is 12.7. The molecule has 140 valence electrons. The van der Waals surface area contributed by atoms with Gasteiger partial charge in [-0.2, -0.15) is 0 Å². The van der Waals surface area contributed by atoms with Crippen molar-refractivity contribution in [2.24, 2.45) is 4.99 Å². The van der Waals surface area contributed by atoms with Gasteiger partial charge in [-0.25, -0.2) is 4.99 Å². The molecule has 0 radical (unpaired) electrons. The molecule has 0 aliphatic carbocycles. The van der Waals surface area contributed by atoms with Gasteiger partial charge >= 0.3 is 0 Å². The zero-order valence-electron chi connectivity index (χ0n) is 14.5. The van der Waals surface area contributed by atoms with E-state index in [0.717, 1.165) is 3.57 Å². The Balaban J connectivity index is 1.79. The van der Waals surface area contributed by atoms with Crippen LogP contribution in [-0.2, 0) is 9.59 Å². The average molecular weight is 514 g/mol. The summed E-state index contributed by atoms with van der Waals surface area (Å²) in [6.07, 6.45) is 0.147. The molecule has 0 saturated carbocycles. The van der Waals surface area contributed by atoms with Crippen LogP contribution in [0.3, 0.4) is 0 Å². The molecule has 1 unspecified atom stereocenters. The lowest BCUT2D eigenvalue weighted by atomic mass is 10.2. The normalized spacial score (nSPS) is 18.6. The van der Waals surface area contributed by atoms with Crippen molar-refractivity contribution < 1.29 is 9.59 Å². The zero-order chi connectivity index (χ0) is 19.4. The van der Waals surface area contributed by atoms with Crippen LogP contribution in [0.1, 0.15) is 13.3 Å². The summed E-state index contributed by atoms with van der Waals surface area (Å²) in [5.74, 6) is -0.305. The Kier molecular flexibility index (Phi) is 6.78. The molecule has 1 N–H and O–H groups in total. The monoisotopic (exact) mass is 513 g/mol. The Hall–Kier alpha value is -1.58. The number of amidine groups is 1. The van der Waals surface area contributed by atoms with Gasteiger partial charge in [0.1, 0.15) is 5.25 Å². The van der Waals surface area contributed by atoms with Crippen molar-refractivity contribution in [1.29, 1.82) is 0 Å². The summed E-state index contributed by atoms with van der Waals surface area (Å²) in [4.78, 5) is 31.3. The fraction of sp³-hybridized carbons (Fsp3) is 0.211. The van der Waals surface area contributed by atoms with Gasteiger partial charge < -0.3 is 5.32 Å². The highest BCUT2D eigenvalue weighted by atomic mass is 127. The van der Waals surface area contributed by atoms with Crippen LogP contribution in [0.25, 0.3) is 0 Å². The molecule has 8 heteroatoms. The van der Waals surface area contributed by atoms with E-state index < -0.39 is 5.25 Å². The van der Waals surface area contributed by atoms with E-state index in [1.165, 1.54) is 11.8 Å². The summed E-state index contributed by atoms with van der Waals surface area (Å²) in [5.41, 5.74) is 1.40. The highest BCUT2D eigenvalue weighted by Crippen LogP contribution is 2.30. The molecule has 1 aliphatic heterocycles. The highest BCUT2D eigenvalue weighted by Gasteiger charge is 2.35. The van der Waals surface area contributed by atoms with Gasteiger partial charge in [0.05, 0.1) is 5.69 Å². The molecule has 1 atom stereocenters. The molecule has 0 spiro atoms. The summed E-state index contributed by atoms with van der Waals surface area (Å²) in [6.45, 7) is 2.39. The number of hydrogen-bond donors (Lipinski definition) is 1. The van der Waals surface area contributed by atoms with E-state index in [2.05, 4.69) is 32.9 Å². The fourth-order valence-electron chi connectivity index (χ4n) is 2.53. The number of anilines is 1. The molecule has 27 heavy (non-hydrogen) atoms. The van der Waals surface area contributed by atoms with Gasteiger partial charge in [-0.3, -0.25) is 14.5 Å². The van der Waals surface area contributed by atoms with Crippen LogP contribution in [0.15, 0.2) is 53.5 Å². The van der Waals surface area contributed by atoms with Gasteiger partial charge in [-0.15, -0.1) is 0 Å². The molecule has 1 saturated heterocycles. The predicted octanol–water partition coefficient (Wildman–Crippen LogP) is 4.92. The maximum absolute atomic E-state index is 12.7. The SMILES string of the molecule is CCN1C(=O)CC(C(=O)Nc2ccc(I)cc2)SC1=Nc1ccc(Cl)cc1. The molecule has 3 rings (SSSR count). The standard InChI is InChI=1S/C19H17ClIN3O2S/c1-2-24-17(25)11-16(18(26)22-14-9-5-13(21)6-10-14)27-19(24)23-15-7-3-12(20)4-8-15/h3-10,16H,2,11H2,1H3,(H,22,26). The Morgan fingerprint density at radius 2 is 1.93 bits per heavy atom. The molecule has 2 amide bonds. The van der Waals surface area contributed by atoms with Crippen molar-refractivity contribution in [3.8, 4) is 0 Å². The summed E-state index contributed by atoms with van der Waals surface area (Å²) < 4.78 is 1.09. The minimum atomic E-state index is -0.523. The van der Waals surface area contributed by atoms with E-state index in [1.807, 2.05) is 31.2 Å². The molecule has 2 aromatic carbocycles. The van der Waals surface area contributed by atoms with Crippen molar-refractivity contribution in [2.45, 2.75) is 18.6 Å². The second-order valence-electron chi connectivity index (χ2n) is 5.82. The first kappa shape index (κ1) is 20.2. The average Bonchev–Trinajstić information content (AvgIpc) is 2.65. The number of rotatable bonds is 4. The summed E-state index contributed by atoms with van der Waals surface area (Å²) in [6, 6.07) is 14.6. The van der Waals surface area contributed by atoms with Gasteiger partial charge in [-0.1, -0.05) is 23.4 Å². The Bertz CT molecular complexity index is 872. The molecule has 0 aromatic heterocycles. The number of carbonyl (C=O) groups excluding carboxylic acids is 2. The highest BCUT2D eigenvalue weighted by molar-refractivity contribution is 14.1. The second-order valence-corrected chi connectivity index (χ2v) is 8.67. The summed E-state index contributed by atoms with van der Waals surface area (Å²) in [5, 5.41) is 3.50. The number of amides is 2. The third-order valence-corrected chi connectivity index (χ3v) is 6.07. The van der Waals surface area contributed by atoms with Crippen molar-refractivity contribution in [2.75, 3.05) is 11.9 Å². The molecule has 1 heterocycles. The van der Waals surface area contributed by atoms with Crippen molar-refractivity contribution in [1.82, 2.24) is 4.90 Å². The summed E-state index contributed by atoms with van der Waals surface area (Å²) >= 11 is 9.43. The van der Waals surface area contributed by atoms with E-state index >= 15 is 0 Å². The number of hydrogen-bond acceptors (Lipinski definition) is 4. The number of nitrogens with one attached hydrogen (secondary N) is 1. The largest absolute Gasteiger partial charge is 0.325 e. The quantitative estimate of drug-likeness (QED) is 0.590. The molecular weight excluding hydrogens is 497 g/mol. The van der Waals surface area contributed by atoms with E-state index in [-0.39, 0.29) is 18.2 Å². The van der Waals surface area contributed by atoms with E-state index in [0.29, 0.717) is 28.1 Å².